The Balaban J connectivity index is 2.70. The van der Waals surface area contributed by atoms with Gasteiger partial charge in [-0.3, -0.25) is 0 Å². The Morgan fingerprint density at radius 1 is 0.792 bits per heavy atom. The van der Waals surface area contributed by atoms with Gasteiger partial charge in [-0.05, 0) is 39.5 Å². The quantitative estimate of drug-likeness (QED) is 0.680. The predicted octanol–water partition coefficient (Wildman–Crippen LogP) is 6.53. The summed E-state index contributed by atoms with van der Waals surface area (Å²) in [7, 11) is 0. The largest absolute Gasteiger partial charge is 0.507 e. The van der Waals surface area contributed by atoms with Gasteiger partial charge in [-0.1, -0.05) is 90.9 Å². The lowest BCUT2D eigenvalue weighted by Crippen LogP contribution is -2.18. The van der Waals surface area contributed by atoms with Crippen molar-refractivity contribution in [2.24, 2.45) is 0 Å². The molecule has 130 valence electrons. The molecule has 0 fully saturated rings. The zero-order chi connectivity index (χ0) is 18.1. The van der Waals surface area contributed by atoms with Crippen molar-refractivity contribution in [3.05, 3.63) is 64.7 Å². The molecule has 0 bridgehead atoms. The van der Waals surface area contributed by atoms with Gasteiger partial charge in [0, 0.05) is 5.92 Å². The summed E-state index contributed by atoms with van der Waals surface area (Å²) in [5.41, 5.74) is 4.55. The second-order valence-corrected chi connectivity index (χ2v) is 8.84. The zero-order valence-corrected chi connectivity index (χ0v) is 16.3. The van der Waals surface area contributed by atoms with E-state index in [0.29, 0.717) is 11.7 Å². The Bertz CT molecular complexity index is 649. The fourth-order valence-corrected chi connectivity index (χ4v) is 3.35. The maximum Gasteiger partial charge on any atom is 0.123 e. The molecule has 1 heteroatoms. The first-order valence-electron chi connectivity index (χ1n) is 8.98. The van der Waals surface area contributed by atoms with Crippen molar-refractivity contribution in [2.45, 2.75) is 71.6 Å². The fourth-order valence-electron chi connectivity index (χ4n) is 3.35. The van der Waals surface area contributed by atoms with Crippen molar-refractivity contribution in [3.63, 3.8) is 0 Å². The first-order valence-corrected chi connectivity index (χ1v) is 8.98. The van der Waals surface area contributed by atoms with Crippen molar-refractivity contribution in [1.82, 2.24) is 0 Å². The predicted molar refractivity (Wildman–Crippen MR) is 104 cm³/mol. The third kappa shape index (κ3) is 3.83. The summed E-state index contributed by atoms with van der Waals surface area (Å²) < 4.78 is 0. The number of hydrogen-bond donors (Lipinski definition) is 1. The summed E-state index contributed by atoms with van der Waals surface area (Å²) in [6.07, 6.45) is 1.04. The lowest BCUT2D eigenvalue weighted by atomic mass is 9.76. The molecular weight excluding hydrogens is 292 g/mol. The summed E-state index contributed by atoms with van der Waals surface area (Å²) in [5.74, 6) is 0.815. The van der Waals surface area contributed by atoms with Crippen LogP contribution in [0.1, 0.15) is 83.1 Å². The number of aromatic hydroxyl groups is 1. The standard InChI is InChI=1S/C23H32O/c1-8-18(16-12-10-9-11-13-16)17-14-19(22(2,3)4)21(24)20(15-17)23(5,6)7/h9-15,18,24H,8H2,1-7H3. The molecule has 0 aliphatic rings. The van der Waals surface area contributed by atoms with Crippen molar-refractivity contribution in [1.29, 1.82) is 0 Å². The SMILES string of the molecule is CCC(c1ccccc1)c1cc(C(C)(C)C)c(O)c(C(C)(C)C)c1. The Hall–Kier alpha value is -1.76. The van der Waals surface area contributed by atoms with Crippen LogP contribution in [0.5, 0.6) is 5.75 Å². The van der Waals surface area contributed by atoms with Crippen molar-refractivity contribution in [3.8, 4) is 5.75 Å². The molecule has 1 unspecified atom stereocenters. The first kappa shape index (κ1) is 18.6. The van der Waals surface area contributed by atoms with Crippen LogP contribution in [0.25, 0.3) is 0 Å². The van der Waals surface area contributed by atoms with Crippen LogP contribution in [-0.2, 0) is 10.8 Å². The van der Waals surface area contributed by atoms with Gasteiger partial charge < -0.3 is 5.11 Å². The highest BCUT2D eigenvalue weighted by atomic mass is 16.3. The number of rotatable bonds is 3. The molecule has 0 spiro atoms. The molecule has 0 radical (unpaired) electrons. The second kappa shape index (κ2) is 6.63. The van der Waals surface area contributed by atoms with E-state index in [0.717, 1.165) is 17.5 Å². The molecule has 2 rings (SSSR count). The van der Waals surface area contributed by atoms with Crippen LogP contribution in [0.15, 0.2) is 42.5 Å². The monoisotopic (exact) mass is 324 g/mol. The molecule has 2 aromatic rings. The molecule has 0 heterocycles. The molecule has 0 saturated heterocycles. The van der Waals surface area contributed by atoms with Crippen molar-refractivity contribution >= 4 is 0 Å². The van der Waals surface area contributed by atoms with Gasteiger partial charge >= 0.3 is 0 Å². The zero-order valence-electron chi connectivity index (χ0n) is 16.3. The van der Waals surface area contributed by atoms with Crippen LogP contribution in [0, 0.1) is 0 Å². The third-order valence-corrected chi connectivity index (χ3v) is 4.76. The van der Waals surface area contributed by atoms with E-state index in [1.807, 2.05) is 0 Å². The number of phenols is 1. The molecule has 2 aromatic carbocycles. The average Bonchev–Trinajstić information content (AvgIpc) is 2.48. The highest BCUT2D eigenvalue weighted by molar-refractivity contribution is 5.52. The normalized spacial score (nSPS) is 13.8. The smallest absolute Gasteiger partial charge is 0.123 e. The van der Waals surface area contributed by atoms with Gasteiger partial charge in [-0.2, -0.15) is 0 Å². The van der Waals surface area contributed by atoms with E-state index < -0.39 is 0 Å². The van der Waals surface area contributed by atoms with Gasteiger partial charge in [0.25, 0.3) is 0 Å². The molecule has 0 aliphatic carbocycles. The maximum atomic E-state index is 10.9. The average molecular weight is 325 g/mol. The molecule has 24 heavy (non-hydrogen) atoms. The molecule has 1 N–H and O–H groups in total. The molecule has 1 nitrogen and oxygen atoms in total. The van der Waals surface area contributed by atoms with Crippen molar-refractivity contribution in [2.75, 3.05) is 0 Å². The summed E-state index contributed by atoms with van der Waals surface area (Å²) in [4.78, 5) is 0. The minimum atomic E-state index is -0.0882. The minimum absolute atomic E-state index is 0.0882. The lowest BCUT2D eigenvalue weighted by Gasteiger charge is -2.30. The summed E-state index contributed by atoms with van der Waals surface area (Å²) in [6, 6.07) is 15.1. The lowest BCUT2D eigenvalue weighted by molar-refractivity contribution is 0.422. The number of benzene rings is 2. The highest BCUT2D eigenvalue weighted by Gasteiger charge is 2.28. The number of phenolic OH excluding ortho intramolecular Hbond substituents is 1. The van der Waals surface area contributed by atoms with Crippen LogP contribution in [0.4, 0.5) is 0 Å². The Morgan fingerprint density at radius 3 is 1.62 bits per heavy atom. The van der Waals surface area contributed by atoms with Crippen LogP contribution in [0.2, 0.25) is 0 Å². The summed E-state index contributed by atoms with van der Waals surface area (Å²) in [5, 5.41) is 10.9. The van der Waals surface area contributed by atoms with Crippen LogP contribution in [-0.4, -0.2) is 5.11 Å². The molecule has 0 aromatic heterocycles. The Labute approximate surface area is 147 Å². The van der Waals surface area contributed by atoms with E-state index in [4.69, 9.17) is 0 Å². The van der Waals surface area contributed by atoms with Gasteiger partial charge in [0.15, 0.2) is 0 Å². The van der Waals surface area contributed by atoms with Crippen LogP contribution >= 0.6 is 0 Å². The second-order valence-electron chi connectivity index (χ2n) is 8.84. The highest BCUT2D eigenvalue weighted by Crippen LogP contribution is 2.42. The van der Waals surface area contributed by atoms with Gasteiger partial charge in [0.1, 0.15) is 5.75 Å². The number of hydrogen-bond acceptors (Lipinski definition) is 1. The third-order valence-electron chi connectivity index (χ3n) is 4.76. The molecule has 0 aliphatic heterocycles. The van der Waals surface area contributed by atoms with E-state index >= 15 is 0 Å². The fraction of sp³-hybridized carbons (Fsp3) is 0.478. The van der Waals surface area contributed by atoms with Crippen molar-refractivity contribution < 1.29 is 5.11 Å². The molecular formula is C23H32O. The van der Waals surface area contributed by atoms with E-state index in [1.165, 1.54) is 11.1 Å². The first-order chi connectivity index (χ1) is 11.1. The van der Waals surface area contributed by atoms with Gasteiger partial charge in [-0.25, -0.2) is 0 Å². The van der Waals surface area contributed by atoms with Crippen LogP contribution < -0.4 is 0 Å². The topological polar surface area (TPSA) is 20.2 Å². The van der Waals surface area contributed by atoms with E-state index in [-0.39, 0.29) is 10.8 Å². The molecule has 0 saturated carbocycles. The van der Waals surface area contributed by atoms with E-state index in [1.54, 1.807) is 0 Å². The molecule has 1 atom stereocenters. The summed E-state index contributed by atoms with van der Waals surface area (Å²) >= 11 is 0. The van der Waals surface area contributed by atoms with Gasteiger partial charge in [0.2, 0.25) is 0 Å². The van der Waals surface area contributed by atoms with E-state index in [2.05, 4.69) is 90.9 Å². The maximum absolute atomic E-state index is 10.9. The van der Waals surface area contributed by atoms with Gasteiger partial charge in [-0.15, -0.1) is 0 Å². The van der Waals surface area contributed by atoms with E-state index in [9.17, 15) is 5.11 Å². The summed E-state index contributed by atoms with van der Waals surface area (Å²) in [6.45, 7) is 15.2. The Morgan fingerprint density at radius 2 is 1.25 bits per heavy atom. The van der Waals surface area contributed by atoms with Crippen LogP contribution in [0.3, 0.4) is 0 Å². The minimum Gasteiger partial charge on any atom is -0.507 e. The van der Waals surface area contributed by atoms with Gasteiger partial charge in [0.05, 0.1) is 0 Å². The Kier molecular flexibility index (Phi) is 5.13. The molecule has 0 amide bonds.